The molecule has 1 saturated heterocycles. The average Bonchev–Trinajstić information content (AvgIpc) is 2.64. The van der Waals surface area contributed by atoms with E-state index in [1.165, 1.54) is 0 Å². The van der Waals surface area contributed by atoms with Crippen LogP contribution in [-0.2, 0) is 6.54 Å². The molecule has 0 aliphatic carbocycles. The van der Waals surface area contributed by atoms with E-state index in [-0.39, 0.29) is 0 Å². The van der Waals surface area contributed by atoms with Crippen LogP contribution in [0.5, 0.6) is 0 Å². The third-order valence-electron chi connectivity index (χ3n) is 4.35. The van der Waals surface area contributed by atoms with Crippen LogP contribution in [0.2, 0.25) is 5.15 Å². The van der Waals surface area contributed by atoms with E-state index in [2.05, 4.69) is 36.9 Å². The molecule has 0 atom stereocenters. The Labute approximate surface area is 145 Å². The van der Waals surface area contributed by atoms with Crippen molar-refractivity contribution in [1.82, 2.24) is 19.9 Å². The van der Waals surface area contributed by atoms with Crippen LogP contribution in [0.3, 0.4) is 0 Å². The normalized spacial score (nSPS) is 15.8. The fourth-order valence-corrected chi connectivity index (χ4v) is 3.25. The van der Waals surface area contributed by atoms with Crippen molar-refractivity contribution in [1.29, 1.82) is 0 Å². The second-order valence-electron chi connectivity index (χ2n) is 5.94. The fraction of sp³-hybridized carbons (Fsp3) is 0.278. The first-order valence-corrected chi connectivity index (χ1v) is 8.46. The first-order chi connectivity index (χ1) is 11.8. The molecule has 0 amide bonds. The van der Waals surface area contributed by atoms with E-state index in [0.717, 1.165) is 55.1 Å². The number of anilines is 1. The lowest BCUT2D eigenvalue weighted by molar-refractivity contribution is 0.248. The third-order valence-corrected chi connectivity index (χ3v) is 4.68. The second-order valence-corrected chi connectivity index (χ2v) is 6.30. The molecule has 1 aliphatic heterocycles. The van der Waals surface area contributed by atoms with Crippen molar-refractivity contribution in [3.8, 4) is 0 Å². The highest BCUT2D eigenvalue weighted by atomic mass is 35.5. The number of aromatic nitrogens is 3. The molecule has 1 fully saturated rings. The minimum atomic E-state index is 0.600. The number of para-hydroxylation sites is 1. The maximum absolute atomic E-state index is 6.38. The Kier molecular flexibility index (Phi) is 4.28. The number of rotatable bonds is 3. The van der Waals surface area contributed by atoms with Crippen molar-refractivity contribution in [3.63, 3.8) is 0 Å². The SMILES string of the molecule is Clc1nc2ccccc2cc1CN1CCN(c2ncccn2)CC1. The van der Waals surface area contributed by atoms with Gasteiger partial charge in [0.05, 0.1) is 5.52 Å². The van der Waals surface area contributed by atoms with E-state index < -0.39 is 0 Å². The van der Waals surface area contributed by atoms with Gasteiger partial charge in [0.2, 0.25) is 5.95 Å². The van der Waals surface area contributed by atoms with Gasteiger partial charge in [-0.3, -0.25) is 4.90 Å². The van der Waals surface area contributed by atoms with Crippen molar-refractivity contribution in [2.45, 2.75) is 6.54 Å². The summed E-state index contributed by atoms with van der Waals surface area (Å²) in [5.74, 6) is 0.808. The summed E-state index contributed by atoms with van der Waals surface area (Å²) in [5, 5.41) is 1.73. The van der Waals surface area contributed by atoms with E-state index in [1.54, 1.807) is 12.4 Å². The fourth-order valence-electron chi connectivity index (χ4n) is 3.05. The van der Waals surface area contributed by atoms with E-state index in [4.69, 9.17) is 11.6 Å². The monoisotopic (exact) mass is 339 g/mol. The molecule has 122 valence electrons. The Hall–Kier alpha value is -2.24. The molecule has 0 spiro atoms. The van der Waals surface area contributed by atoms with Crippen LogP contribution in [0.1, 0.15) is 5.56 Å². The molecule has 0 N–H and O–H groups in total. The molecule has 3 aromatic rings. The van der Waals surface area contributed by atoms with Gasteiger partial charge in [-0.25, -0.2) is 15.0 Å². The van der Waals surface area contributed by atoms with Gasteiger partial charge in [-0.05, 0) is 18.2 Å². The molecule has 0 unspecified atom stereocenters. The van der Waals surface area contributed by atoms with Crippen molar-refractivity contribution in [3.05, 3.63) is 59.5 Å². The Morgan fingerprint density at radius 3 is 2.50 bits per heavy atom. The van der Waals surface area contributed by atoms with Crippen LogP contribution < -0.4 is 4.90 Å². The largest absolute Gasteiger partial charge is 0.338 e. The van der Waals surface area contributed by atoms with Gasteiger partial charge in [0.15, 0.2) is 0 Å². The van der Waals surface area contributed by atoms with Crippen LogP contribution in [0.25, 0.3) is 10.9 Å². The number of fused-ring (bicyclic) bond motifs is 1. The highest BCUT2D eigenvalue weighted by Gasteiger charge is 2.19. The molecule has 24 heavy (non-hydrogen) atoms. The quantitative estimate of drug-likeness (QED) is 0.686. The van der Waals surface area contributed by atoms with Crippen molar-refractivity contribution in [2.24, 2.45) is 0 Å². The highest BCUT2D eigenvalue weighted by molar-refractivity contribution is 6.30. The van der Waals surface area contributed by atoms with Crippen LogP contribution in [0.4, 0.5) is 5.95 Å². The Morgan fingerprint density at radius 2 is 1.71 bits per heavy atom. The summed E-state index contributed by atoms with van der Waals surface area (Å²) in [7, 11) is 0. The van der Waals surface area contributed by atoms with E-state index >= 15 is 0 Å². The molecular formula is C18H18ClN5. The summed E-state index contributed by atoms with van der Waals surface area (Å²) in [6.45, 7) is 4.58. The minimum Gasteiger partial charge on any atom is -0.338 e. The van der Waals surface area contributed by atoms with E-state index in [1.807, 2.05) is 24.3 Å². The molecule has 0 saturated carbocycles. The lowest BCUT2D eigenvalue weighted by Crippen LogP contribution is -2.46. The summed E-state index contributed by atoms with van der Waals surface area (Å²) < 4.78 is 0. The van der Waals surface area contributed by atoms with Gasteiger partial charge in [-0.2, -0.15) is 0 Å². The summed E-state index contributed by atoms with van der Waals surface area (Å²) in [6, 6.07) is 12.1. The number of hydrogen-bond acceptors (Lipinski definition) is 5. The average molecular weight is 340 g/mol. The zero-order valence-corrected chi connectivity index (χ0v) is 14.0. The molecule has 2 aromatic heterocycles. The van der Waals surface area contributed by atoms with Gasteiger partial charge in [0.1, 0.15) is 5.15 Å². The number of halogens is 1. The Morgan fingerprint density at radius 1 is 0.958 bits per heavy atom. The Bertz CT molecular complexity index is 831. The molecule has 0 bridgehead atoms. The molecule has 5 nitrogen and oxygen atoms in total. The van der Waals surface area contributed by atoms with Crippen LogP contribution in [0.15, 0.2) is 48.8 Å². The topological polar surface area (TPSA) is 45.2 Å². The third kappa shape index (κ3) is 3.18. The van der Waals surface area contributed by atoms with Crippen LogP contribution in [-0.4, -0.2) is 46.0 Å². The molecule has 1 aromatic carbocycles. The molecule has 3 heterocycles. The van der Waals surface area contributed by atoms with Crippen molar-refractivity contribution in [2.75, 3.05) is 31.1 Å². The Balaban J connectivity index is 1.45. The number of hydrogen-bond donors (Lipinski definition) is 0. The van der Waals surface area contributed by atoms with Crippen molar-refractivity contribution >= 4 is 28.5 Å². The smallest absolute Gasteiger partial charge is 0.225 e. The van der Waals surface area contributed by atoms with Crippen LogP contribution in [0, 0.1) is 0 Å². The van der Waals surface area contributed by atoms with Gasteiger partial charge in [0.25, 0.3) is 0 Å². The molecule has 4 rings (SSSR count). The second kappa shape index (κ2) is 6.71. The van der Waals surface area contributed by atoms with E-state index in [9.17, 15) is 0 Å². The number of benzene rings is 1. The van der Waals surface area contributed by atoms with Gasteiger partial charge >= 0.3 is 0 Å². The lowest BCUT2D eigenvalue weighted by atomic mass is 10.1. The van der Waals surface area contributed by atoms with Gasteiger partial charge in [0, 0.05) is 56.1 Å². The molecular weight excluding hydrogens is 322 g/mol. The predicted octanol–water partition coefficient (Wildman–Crippen LogP) is 3.00. The van der Waals surface area contributed by atoms with Gasteiger partial charge < -0.3 is 4.90 Å². The number of nitrogens with zero attached hydrogens (tertiary/aromatic N) is 5. The highest BCUT2D eigenvalue weighted by Crippen LogP contribution is 2.22. The first-order valence-electron chi connectivity index (χ1n) is 8.08. The minimum absolute atomic E-state index is 0.600. The zero-order valence-electron chi connectivity index (χ0n) is 13.3. The molecule has 6 heteroatoms. The standard InChI is InChI=1S/C18H18ClN5/c19-17-15(12-14-4-1-2-5-16(14)22-17)13-23-8-10-24(11-9-23)18-20-6-3-7-21-18/h1-7,12H,8-11,13H2. The van der Waals surface area contributed by atoms with Gasteiger partial charge in [-0.15, -0.1) is 0 Å². The van der Waals surface area contributed by atoms with Crippen molar-refractivity contribution < 1.29 is 0 Å². The summed E-state index contributed by atoms with van der Waals surface area (Å²) in [6.07, 6.45) is 3.57. The summed E-state index contributed by atoms with van der Waals surface area (Å²) >= 11 is 6.38. The first kappa shape index (κ1) is 15.3. The maximum Gasteiger partial charge on any atom is 0.225 e. The summed E-state index contributed by atoms with van der Waals surface area (Å²) in [5.41, 5.74) is 2.03. The molecule has 1 aliphatic rings. The number of pyridine rings is 1. The van der Waals surface area contributed by atoms with Gasteiger partial charge in [-0.1, -0.05) is 29.8 Å². The zero-order chi connectivity index (χ0) is 16.4. The number of piperazine rings is 1. The summed E-state index contributed by atoms with van der Waals surface area (Å²) in [4.78, 5) is 17.8. The predicted molar refractivity (Wildman–Crippen MR) is 96.3 cm³/mol. The van der Waals surface area contributed by atoms with Crippen LogP contribution >= 0.6 is 11.6 Å². The lowest BCUT2D eigenvalue weighted by Gasteiger charge is -2.34. The maximum atomic E-state index is 6.38. The molecule has 0 radical (unpaired) electrons. The van der Waals surface area contributed by atoms with E-state index in [0.29, 0.717) is 5.15 Å².